The van der Waals surface area contributed by atoms with Crippen LogP contribution >= 0.6 is 11.3 Å². The second-order valence-corrected chi connectivity index (χ2v) is 6.88. The van der Waals surface area contributed by atoms with Crippen molar-refractivity contribution in [2.24, 2.45) is 0 Å². The van der Waals surface area contributed by atoms with Crippen LogP contribution in [0.2, 0.25) is 0 Å². The van der Waals surface area contributed by atoms with E-state index in [-0.39, 0.29) is 0 Å². The van der Waals surface area contributed by atoms with Gasteiger partial charge in [-0.1, -0.05) is 33.1 Å². The molecule has 114 valence electrons. The summed E-state index contributed by atoms with van der Waals surface area (Å²) in [6, 6.07) is 0.713. The van der Waals surface area contributed by atoms with Crippen molar-refractivity contribution >= 4 is 16.5 Å². The van der Waals surface area contributed by atoms with Gasteiger partial charge in [0.25, 0.3) is 0 Å². The molecular weight excluding hydrogens is 266 g/mol. The average Bonchev–Trinajstić information content (AvgIpc) is 2.97. The summed E-state index contributed by atoms with van der Waals surface area (Å²) in [4.78, 5) is 11.0. The Balaban J connectivity index is 1.87. The van der Waals surface area contributed by atoms with E-state index in [2.05, 4.69) is 41.9 Å². The first-order valence-corrected chi connectivity index (χ1v) is 8.96. The molecular formula is C16H29N3S. The molecule has 0 bridgehead atoms. The van der Waals surface area contributed by atoms with Gasteiger partial charge in [-0.05, 0) is 32.4 Å². The standard InChI is InChI=1S/C16H29N3S/c1-4-19(5-2)12-11-15-13-17-16(20-15)18(3)14-9-7-6-8-10-14/h13-14H,4-12H2,1-3H3. The predicted octanol–water partition coefficient (Wildman–Crippen LogP) is 3.80. The first-order chi connectivity index (χ1) is 9.74. The summed E-state index contributed by atoms with van der Waals surface area (Å²) < 4.78 is 0. The lowest BCUT2D eigenvalue weighted by Crippen LogP contribution is -2.33. The molecule has 1 saturated carbocycles. The number of hydrogen-bond donors (Lipinski definition) is 0. The molecule has 3 nitrogen and oxygen atoms in total. The average molecular weight is 295 g/mol. The Morgan fingerprint density at radius 2 is 1.90 bits per heavy atom. The summed E-state index contributed by atoms with van der Waals surface area (Å²) in [5.41, 5.74) is 0. The van der Waals surface area contributed by atoms with Gasteiger partial charge in [-0.15, -0.1) is 11.3 Å². The van der Waals surface area contributed by atoms with Gasteiger partial charge in [0.2, 0.25) is 0 Å². The molecule has 20 heavy (non-hydrogen) atoms. The molecule has 0 atom stereocenters. The van der Waals surface area contributed by atoms with Gasteiger partial charge in [-0.25, -0.2) is 4.98 Å². The Morgan fingerprint density at radius 1 is 1.20 bits per heavy atom. The van der Waals surface area contributed by atoms with Crippen molar-refractivity contribution in [3.05, 3.63) is 11.1 Å². The fourth-order valence-electron chi connectivity index (χ4n) is 3.01. The molecule has 0 unspecified atom stereocenters. The minimum atomic E-state index is 0.713. The quantitative estimate of drug-likeness (QED) is 0.763. The minimum absolute atomic E-state index is 0.713. The van der Waals surface area contributed by atoms with Crippen molar-refractivity contribution in [2.45, 2.75) is 58.4 Å². The predicted molar refractivity (Wildman–Crippen MR) is 88.9 cm³/mol. The summed E-state index contributed by atoms with van der Waals surface area (Å²) in [5.74, 6) is 0. The number of anilines is 1. The Bertz CT molecular complexity index is 381. The largest absolute Gasteiger partial charge is 0.348 e. The lowest BCUT2D eigenvalue weighted by molar-refractivity contribution is 0.308. The van der Waals surface area contributed by atoms with E-state index < -0.39 is 0 Å². The molecule has 0 amide bonds. The highest BCUT2D eigenvalue weighted by atomic mass is 32.1. The minimum Gasteiger partial charge on any atom is -0.348 e. The fraction of sp³-hybridized carbons (Fsp3) is 0.812. The molecule has 1 aliphatic rings. The maximum Gasteiger partial charge on any atom is 0.185 e. The topological polar surface area (TPSA) is 19.4 Å². The number of thiazole rings is 1. The third kappa shape index (κ3) is 4.19. The van der Waals surface area contributed by atoms with E-state index in [1.807, 2.05) is 11.3 Å². The zero-order valence-corrected chi connectivity index (χ0v) is 14.1. The van der Waals surface area contributed by atoms with Gasteiger partial charge >= 0.3 is 0 Å². The number of nitrogens with zero attached hydrogens (tertiary/aromatic N) is 3. The lowest BCUT2D eigenvalue weighted by Gasteiger charge is -2.30. The Morgan fingerprint density at radius 3 is 2.55 bits per heavy atom. The molecule has 0 spiro atoms. The summed E-state index contributed by atoms with van der Waals surface area (Å²) in [7, 11) is 2.23. The SMILES string of the molecule is CCN(CC)CCc1cnc(N(C)C2CCCCC2)s1. The molecule has 0 aromatic carbocycles. The molecule has 1 aromatic heterocycles. The van der Waals surface area contributed by atoms with Crippen molar-refractivity contribution in [2.75, 3.05) is 31.6 Å². The fourth-order valence-corrected chi connectivity index (χ4v) is 3.94. The van der Waals surface area contributed by atoms with Crippen molar-refractivity contribution in [3.8, 4) is 0 Å². The van der Waals surface area contributed by atoms with Gasteiger partial charge in [0.1, 0.15) is 0 Å². The van der Waals surface area contributed by atoms with Crippen molar-refractivity contribution < 1.29 is 0 Å². The number of hydrogen-bond acceptors (Lipinski definition) is 4. The first-order valence-electron chi connectivity index (χ1n) is 8.14. The van der Waals surface area contributed by atoms with Gasteiger partial charge < -0.3 is 9.80 Å². The summed E-state index contributed by atoms with van der Waals surface area (Å²) >= 11 is 1.89. The Kier molecular flexibility index (Phi) is 6.30. The first kappa shape index (κ1) is 15.8. The normalized spacial score (nSPS) is 16.8. The highest BCUT2D eigenvalue weighted by Gasteiger charge is 2.20. The second kappa shape index (κ2) is 7.99. The molecule has 1 fully saturated rings. The summed E-state index contributed by atoms with van der Waals surface area (Å²) in [6.45, 7) is 7.91. The maximum absolute atomic E-state index is 4.65. The van der Waals surface area contributed by atoms with Crippen molar-refractivity contribution in [3.63, 3.8) is 0 Å². The van der Waals surface area contributed by atoms with Gasteiger partial charge in [0.05, 0.1) is 0 Å². The van der Waals surface area contributed by atoms with E-state index in [1.54, 1.807) is 0 Å². The highest BCUT2D eigenvalue weighted by molar-refractivity contribution is 7.15. The molecule has 1 aromatic rings. The smallest absolute Gasteiger partial charge is 0.185 e. The number of rotatable bonds is 7. The van der Waals surface area contributed by atoms with Crippen LogP contribution in [0.1, 0.15) is 50.8 Å². The third-order valence-electron chi connectivity index (χ3n) is 4.53. The van der Waals surface area contributed by atoms with Crippen LogP contribution in [0.25, 0.3) is 0 Å². The van der Waals surface area contributed by atoms with E-state index in [1.165, 1.54) is 42.1 Å². The zero-order chi connectivity index (χ0) is 14.4. The Labute approximate surface area is 128 Å². The van der Waals surface area contributed by atoms with Crippen LogP contribution in [0.3, 0.4) is 0 Å². The molecule has 1 heterocycles. The maximum atomic E-state index is 4.65. The van der Waals surface area contributed by atoms with Crippen LogP contribution in [0.4, 0.5) is 5.13 Å². The van der Waals surface area contributed by atoms with E-state index >= 15 is 0 Å². The van der Waals surface area contributed by atoms with E-state index in [0.29, 0.717) is 6.04 Å². The van der Waals surface area contributed by atoms with Crippen LogP contribution in [0.5, 0.6) is 0 Å². The third-order valence-corrected chi connectivity index (χ3v) is 5.68. The molecule has 0 aliphatic heterocycles. The van der Waals surface area contributed by atoms with E-state index in [9.17, 15) is 0 Å². The molecule has 2 rings (SSSR count). The molecule has 1 aliphatic carbocycles. The zero-order valence-electron chi connectivity index (χ0n) is 13.3. The summed E-state index contributed by atoms with van der Waals surface area (Å²) in [6.07, 6.45) is 10.1. The van der Waals surface area contributed by atoms with E-state index in [4.69, 9.17) is 0 Å². The van der Waals surface area contributed by atoms with Gasteiger partial charge in [-0.3, -0.25) is 0 Å². The van der Waals surface area contributed by atoms with Gasteiger partial charge in [0, 0.05) is 30.7 Å². The molecule has 0 saturated heterocycles. The van der Waals surface area contributed by atoms with Crippen LogP contribution in [-0.2, 0) is 6.42 Å². The summed E-state index contributed by atoms with van der Waals surface area (Å²) in [5, 5.41) is 1.21. The molecule has 0 radical (unpaired) electrons. The van der Waals surface area contributed by atoms with Crippen LogP contribution in [-0.4, -0.2) is 42.6 Å². The van der Waals surface area contributed by atoms with Gasteiger partial charge in [-0.2, -0.15) is 0 Å². The van der Waals surface area contributed by atoms with Gasteiger partial charge in [0.15, 0.2) is 5.13 Å². The lowest BCUT2D eigenvalue weighted by atomic mass is 9.95. The number of likely N-dealkylation sites (N-methyl/N-ethyl adjacent to an activating group) is 1. The van der Waals surface area contributed by atoms with Crippen molar-refractivity contribution in [1.82, 2.24) is 9.88 Å². The highest BCUT2D eigenvalue weighted by Crippen LogP contribution is 2.29. The van der Waals surface area contributed by atoms with Crippen LogP contribution in [0.15, 0.2) is 6.20 Å². The monoisotopic (exact) mass is 295 g/mol. The van der Waals surface area contributed by atoms with Crippen LogP contribution < -0.4 is 4.90 Å². The number of aromatic nitrogens is 1. The molecule has 0 N–H and O–H groups in total. The van der Waals surface area contributed by atoms with Crippen LogP contribution in [0, 0.1) is 0 Å². The van der Waals surface area contributed by atoms with Crippen molar-refractivity contribution in [1.29, 1.82) is 0 Å². The second-order valence-electron chi connectivity index (χ2n) is 5.79. The molecule has 4 heteroatoms. The van der Waals surface area contributed by atoms with E-state index in [0.717, 1.165) is 26.1 Å². The Hall–Kier alpha value is -0.610.